The third-order valence-electron chi connectivity index (χ3n) is 3.22. The van der Waals surface area contributed by atoms with Crippen LogP contribution in [-0.2, 0) is 16.9 Å². The van der Waals surface area contributed by atoms with Crippen LogP contribution in [0.2, 0.25) is 0 Å². The lowest BCUT2D eigenvalue weighted by molar-refractivity contribution is 0.436. The molecule has 0 aromatic carbocycles. The normalized spacial score (nSPS) is 20.6. The van der Waals surface area contributed by atoms with Crippen molar-refractivity contribution in [2.45, 2.75) is 23.9 Å². The first-order valence-electron chi connectivity index (χ1n) is 6.38. The maximum atomic E-state index is 11.1. The smallest absolute Gasteiger partial charge is 0.190 e. The second-order valence-corrected chi connectivity index (χ2v) is 8.24. The molecule has 8 heteroatoms. The van der Waals surface area contributed by atoms with E-state index in [9.17, 15) is 8.42 Å². The topological polar surface area (TPSA) is 76.9 Å². The van der Waals surface area contributed by atoms with Gasteiger partial charge in [0.25, 0.3) is 0 Å². The Labute approximate surface area is 118 Å². The number of nitrogens with zero attached hydrogens (tertiary/aromatic N) is 3. The maximum Gasteiger partial charge on any atom is 0.190 e. The molecule has 108 valence electrons. The molecule has 6 nitrogen and oxygen atoms in total. The summed E-state index contributed by atoms with van der Waals surface area (Å²) in [6.45, 7) is 2.02. The van der Waals surface area contributed by atoms with E-state index < -0.39 is 9.84 Å². The van der Waals surface area contributed by atoms with Crippen LogP contribution in [0.3, 0.4) is 0 Å². The van der Waals surface area contributed by atoms with Crippen LogP contribution >= 0.6 is 11.8 Å². The van der Waals surface area contributed by atoms with E-state index in [1.54, 1.807) is 0 Å². The Morgan fingerprint density at radius 2 is 2.26 bits per heavy atom. The molecule has 1 aliphatic heterocycles. The molecule has 0 bridgehead atoms. The summed E-state index contributed by atoms with van der Waals surface area (Å²) in [6.07, 6.45) is 3.55. The SMILES string of the molecule is Cn1c(SCCS(C)(=O)=O)nnc1[C@H]1CCCNC1. The molecule has 0 unspecified atom stereocenters. The van der Waals surface area contributed by atoms with E-state index >= 15 is 0 Å². The van der Waals surface area contributed by atoms with Crippen LogP contribution in [0.1, 0.15) is 24.6 Å². The summed E-state index contributed by atoms with van der Waals surface area (Å²) in [5.41, 5.74) is 0. The number of piperidine rings is 1. The van der Waals surface area contributed by atoms with Gasteiger partial charge in [0.1, 0.15) is 15.7 Å². The van der Waals surface area contributed by atoms with Gasteiger partial charge in [0.2, 0.25) is 0 Å². The fourth-order valence-corrected chi connectivity index (χ4v) is 4.28. The third-order valence-corrected chi connectivity index (χ3v) is 5.44. The Balaban J connectivity index is 1.97. The first kappa shape index (κ1) is 14.8. The van der Waals surface area contributed by atoms with Gasteiger partial charge < -0.3 is 9.88 Å². The zero-order valence-electron chi connectivity index (χ0n) is 11.3. The Bertz CT molecular complexity index is 521. The van der Waals surface area contributed by atoms with E-state index in [0.717, 1.165) is 36.9 Å². The standard InChI is InChI=1S/C11H20N4O2S2/c1-15-10(9-4-3-5-12-8-9)13-14-11(15)18-6-7-19(2,16)17/h9,12H,3-8H2,1-2H3/t9-/m0/s1. The largest absolute Gasteiger partial charge is 0.316 e. The highest BCUT2D eigenvalue weighted by Crippen LogP contribution is 2.24. The van der Waals surface area contributed by atoms with Crippen LogP contribution in [-0.4, -0.2) is 54.0 Å². The molecule has 2 heterocycles. The predicted molar refractivity (Wildman–Crippen MR) is 76.3 cm³/mol. The second-order valence-electron chi connectivity index (χ2n) is 4.92. The van der Waals surface area contributed by atoms with E-state index in [2.05, 4.69) is 15.5 Å². The summed E-state index contributed by atoms with van der Waals surface area (Å²) in [6, 6.07) is 0. The van der Waals surface area contributed by atoms with Gasteiger partial charge >= 0.3 is 0 Å². The Morgan fingerprint density at radius 3 is 2.89 bits per heavy atom. The van der Waals surface area contributed by atoms with Crippen molar-refractivity contribution in [3.63, 3.8) is 0 Å². The summed E-state index contributed by atoms with van der Waals surface area (Å²) in [4.78, 5) is 0. The Hall–Kier alpha value is -0.600. The molecule has 1 fully saturated rings. The number of hydrogen-bond donors (Lipinski definition) is 1. The number of aromatic nitrogens is 3. The molecule has 1 aromatic heterocycles. The number of thioether (sulfide) groups is 1. The van der Waals surface area contributed by atoms with Gasteiger partial charge in [0.05, 0.1) is 5.75 Å². The predicted octanol–water partition coefficient (Wildman–Crippen LogP) is 0.419. The molecule has 19 heavy (non-hydrogen) atoms. The van der Waals surface area contributed by atoms with Gasteiger partial charge in [0, 0.05) is 31.5 Å². The quantitative estimate of drug-likeness (QED) is 0.795. The zero-order chi connectivity index (χ0) is 13.9. The van der Waals surface area contributed by atoms with Crippen molar-refractivity contribution in [1.82, 2.24) is 20.1 Å². The van der Waals surface area contributed by atoms with Crippen molar-refractivity contribution in [2.24, 2.45) is 7.05 Å². The zero-order valence-corrected chi connectivity index (χ0v) is 12.9. The van der Waals surface area contributed by atoms with Crippen LogP contribution in [0.15, 0.2) is 5.16 Å². The Kier molecular flexibility index (Phi) is 4.86. The van der Waals surface area contributed by atoms with Gasteiger partial charge in [-0.1, -0.05) is 11.8 Å². The maximum absolute atomic E-state index is 11.1. The molecule has 0 saturated carbocycles. The number of rotatable bonds is 5. The van der Waals surface area contributed by atoms with Gasteiger partial charge in [-0.05, 0) is 19.4 Å². The van der Waals surface area contributed by atoms with Crippen LogP contribution in [0.25, 0.3) is 0 Å². The van der Waals surface area contributed by atoms with Gasteiger partial charge in [-0.2, -0.15) is 0 Å². The van der Waals surface area contributed by atoms with E-state index in [1.807, 2.05) is 11.6 Å². The molecule has 1 atom stereocenters. The van der Waals surface area contributed by atoms with E-state index in [0.29, 0.717) is 11.7 Å². The molecule has 0 spiro atoms. The highest BCUT2D eigenvalue weighted by Gasteiger charge is 2.21. The van der Waals surface area contributed by atoms with Crippen LogP contribution < -0.4 is 5.32 Å². The average Bonchev–Trinajstić information content (AvgIpc) is 2.71. The fourth-order valence-electron chi connectivity index (χ4n) is 2.16. The van der Waals surface area contributed by atoms with E-state index in [4.69, 9.17) is 0 Å². The van der Waals surface area contributed by atoms with E-state index in [-0.39, 0.29) is 5.75 Å². The van der Waals surface area contributed by atoms with Gasteiger partial charge in [-0.3, -0.25) is 0 Å². The van der Waals surface area contributed by atoms with Crippen molar-refractivity contribution in [3.8, 4) is 0 Å². The minimum absolute atomic E-state index is 0.171. The summed E-state index contributed by atoms with van der Waals surface area (Å²) in [5, 5.41) is 12.6. The number of nitrogens with one attached hydrogen (secondary N) is 1. The first-order valence-corrected chi connectivity index (χ1v) is 9.42. The Morgan fingerprint density at radius 1 is 1.47 bits per heavy atom. The van der Waals surface area contributed by atoms with Crippen molar-refractivity contribution in [2.75, 3.05) is 30.9 Å². The average molecular weight is 304 g/mol. The lowest BCUT2D eigenvalue weighted by Crippen LogP contribution is -2.29. The molecule has 1 saturated heterocycles. The lowest BCUT2D eigenvalue weighted by atomic mass is 9.99. The summed E-state index contributed by atoms with van der Waals surface area (Å²) in [7, 11) is -0.958. The van der Waals surface area contributed by atoms with Crippen molar-refractivity contribution >= 4 is 21.6 Å². The molecule has 0 aliphatic carbocycles. The number of hydrogen-bond acceptors (Lipinski definition) is 6. The van der Waals surface area contributed by atoms with Crippen LogP contribution in [0, 0.1) is 0 Å². The van der Waals surface area contributed by atoms with Crippen molar-refractivity contribution < 1.29 is 8.42 Å². The van der Waals surface area contributed by atoms with Crippen molar-refractivity contribution in [3.05, 3.63) is 5.82 Å². The van der Waals surface area contributed by atoms with Gasteiger partial charge in [-0.15, -0.1) is 10.2 Å². The molecule has 0 radical (unpaired) electrons. The monoisotopic (exact) mass is 304 g/mol. The molecular weight excluding hydrogens is 284 g/mol. The third kappa shape index (κ3) is 4.19. The summed E-state index contributed by atoms with van der Waals surface area (Å²) in [5.74, 6) is 2.10. The lowest BCUT2D eigenvalue weighted by Gasteiger charge is -2.21. The fraction of sp³-hybridized carbons (Fsp3) is 0.818. The first-order chi connectivity index (χ1) is 8.97. The molecule has 1 N–H and O–H groups in total. The minimum atomic E-state index is -2.91. The molecule has 2 rings (SSSR count). The van der Waals surface area contributed by atoms with Crippen molar-refractivity contribution in [1.29, 1.82) is 0 Å². The highest BCUT2D eigenvalue weighted by molar-refractivity contribution is 8.00. The molecule has 1 aromatic rings. The van der Waals surface area contributed by atoms with Gasteiger partial charge in [-0.25, -0.2) is 8.42 Å². The molecular formula is C11H20N4O2S2. The second kappa shape index (κ2) is 6.23. The molecule has 1 aliphatic rings. The van der Waals surface area contributed by atoms with Gasteiger partial charge in [0.15, 0.2) is 5.16 Å². The minimum Gasteiger partial charge on any atom is -0.316 e. The summed E-state index contributed by atoms with van der Waals surface area (Å²) >= 11 is 1.45. The molecule has 0 amide bonds. The highest BCUT2D eigenvalue weighted by atomic mass is 32.2. The summed E-state index contributed by atoms with van der Waals surface area (Å²) < 4.78 is 24.2. The van der Waals surface area contributed by atoms with Crippen LogP contribution in [0.4, 0.5) is 0 Å². The van der Waals surface area contributed by atoms with E-state index in [1.165, 1.54) is 18.0 Å². The van der Waals surface area contributed by atoms with Crippen LogP contribution in [0.5, 0.6) is 0 Å². The number of sulfone groups is 1.